The first-order chi connectivity index (χ1) is 18.9. The number of rotatable bonds is 14. The maximum atomic E-state index is 13.8. The molecule has 0 unspecified atom stereocenters. The molecule has 214 valence electrons. The van der Waals surface area contributed by atoms with E-state index in [1.165, 1.54) is 12.1 Å². The highest BCUT2D eigenvalue weighted by Crippen LogP contribution is 2.19. The molecule has 0 heterocycles. The van der Waals surface area contributed by atoms with Crippen LogP contribution in [-0.2, 0) is 27.8 Å². The van der Waals surface area contributed by atoms with Crippen LogP contribution in [0.2, 0.25) is 0 Å². The molecular formula is C28H30F2IN3O5S. The van der Waals surface area contributed by atoms with Gasteiger partial charge in [0.15, 0.2) is 5.78 Å². The van der Waals surface area contributed by atoms with Gasteiger partial charge in [-0.25, -0.2) is 17.2 Å². The summed E-state index contributed by atoms with van der Waals surface area (Å²) in [6, 6.07) is 15.9. The van der Waals surface area contributed by atoms with Gasteiger partial charge in [0.2, 0.25) is 15.9 Å². The van der Waals surface area contributed by atoms with Gasteiger partial charge in [0.25, 0.3) is 0 Å². The first-order valence-electron chi connectivity index (χ1n) is 12.4. The number of benzene rings is 3. The molecule has 12 heteroatoms. The predicted molar refractivity (Wildman–Crippen MR) is 157 cm³/mol. The summed E-state index contributed by atoms with van der Waals surface area (Å²) in [6.45, 7) is 0.538. The summed E-state index contributed by atoms with van der Waals surface area (Å²) >= 11 is 2.20. The van der Waals surface area contributed by atoms with Crippen LogP contribution < -0.4 is 15.4 Å². The Hall–Kier alpha value is -2.94. The van der Waals surface area contributed by atoms with E-state index in [-0.39, 0.29) is 42.6 Å². The first-order valence-corrected chi connectivity index (χ1v) is 15.3. The van der Waals surface area contributed by atoms with Crippen molar-refractivity contribution in [2.45, 2.75) is 38.0 Å². The van der Waals surface area contributed by atoms with Crippen LogP contribution in [0.15, 0.2) is 66.7 Å². The molecule has 0 aliphatic carbocycles. The van der Waals surface area contributed by atoms with Gasteiger partial charge in [-0.2, -0.15) is 0 Å². The highest BCUT2D eigenvalue weighted by molar-refractivity contribution is 14.1. The molecule has 2 atom stereocenters. The van der Waals surface area contributed by atoms with Crippen molar-refractivity contribution in [1.82, 2.24) is 10.6 Å². The SMILES string of the molecule is CS(=O)(=O)Nc1ccccc1C(=O)CCC(=O)N[C@H](Cc1cc(F)cc(F)c1)[C@H](O)CNCc1cccc(I)c1. The lowest BCUT2D eigenvalue weighted by molar-refractivity contribution is -0.122. The second-order valence-electron chi connectivity index (χ2n) is 9.33. The highest BCUT2D eigenvalue weighted by atomic mass is 127. The molecule has 1 amide bonds. The standard InChI is InChI=1S/C28H30F2IN3O5S/c1-40(38,39)34-24-8-3-2-7-23(24)26(35)9-10-28(37)33-25(14-19-11-20(29)15-21(30)12-19)27(36)17-32-16-18-5-4-6-22(31)13-18/h2-8,11-13,15,25,27,32,34,36H,9-10,14,16-17H2,1H3,(H,33,37)/t25-,27-/m1/s1. The smallest absolute Gasteiger partial charge is 0.229 e. The Morgan fingerprint density at radius 1 is 0.950 bits per heavy atom. The second kappa shape index (κ2) is 14.6. The predicted octanol–water partition coefficient (Wildman–Crippen LogP) is 3.78. The summed E-state index contributed by atoms with van der Waals surface area (Å²) < 4.78 is 54.2. The van der Waals surface area contributed by atoms with E-state index in [0.717, 1.165) is 33.6 Å². The normalized spacial score (nSPS) is 12.9. The molecule has 3 aromatic carbocycles. The van der Waals surface area contributed by atoms with Gasteiger partial charge in [-0.3, -0.25) is 14.3 Å². The van der Waals surface area contributed by atoms with Crippen molar-refractivity contribution < 1.29 is 31.9 Å². The summed E-state index contributed by atoms with van der Waals surface area (Å²) in [7, 11) is -3.62. The third-order valence-corrected chi connectivity index (χ3v) is 7.12. The van der Waals surface area contributed by atoms with Crippen LogP contribution >= 0.6 is 22.6 Å². The number of aliphatic hydroxyl groups is 1. The first kappa shape index (κ1) is 31.6. The molecule has 4 N–H and O–H groups in total. The van der Waals surface area contributed by atoms with Crippen molar-refractivity contribution in [2.75, 3.05) is 17.5 Å². The second-order valence-corrected chi connectivity index (χ2v) is 12.3. The minimum Gasteiger partial charge on any atom is -0.390 e. The van der Waals surface area contributed by atoms with Gasteiger partial charge in [0, 0.05) is 41.1 Å². The molecule has 3 aromatic rings. The molecule has 0 spiro atoms. The van der Waals surface area contributed by atoms with Crippen molar-refractivity contribution in [2.24, 2.45) is 0 Å². The Morgan fingerprint density at radius 3 is 2.33 bits per heavy atom. The number of halogens is 3. The van der Waals surface area contributed by atoms with Crippen LogP contribution in [0, 0.1) is 15.2 Å². The Kier molecular flexibility index (Phi) is 11.5. The number of Topliss-reactive ketones (excluding diaryl/α,β-unsaturated/α-hetero) is 1. The van der Waals surface area contributed by atoms with Crippen LogP contribution in [0.3, 0.4) is 0 Å². The van der Waals surface area contributed by atoms with E-state index in [9.17, 15) is 31.9 Å². The van der Waals surface area contributed by atoms with E-state index in [2.05, 4.69) is 37.9 Å². The zero-order valence-corrected chi connectivity index (χ0v) is 24.6. The van der Waals surface area contributed by atoms with Gasteiger partial charge >= 0.3 is 0 Å². The fourth-order valence-electron chi connectivity index (χ4n) is 4.08. The van der Waals surface area contributed by atoms with Gasteiger partial charge in [0.1, 0.15) is 11.6 Å². The summed E-state index contributed by atoms with van der Waals surface area (Å²) in [5.41, 5.74) is 1.47. The fraction of sp³-hybridized carbons (Fsp3) is 0.286. The third kappa shape index (κ3) is 10.6. The van der Waals surface area contributed by atoms with Crippen molar-refractivity contribution >= 4 is 50.0 Å². The molecule has 0 aliphatic heterocycles. The van der Waals surface area contributed by atoms with Crippen molar-refractivity contribution in [3.63, 3.8) is 0 Å². The van der Waals surface area contributed by atoms with Crippen LogP contribution in [-0.4, -0.2) is 50.2 Å². The maximum absolute atomic E-state index is 13.8. The molecule has 0 saturated heterocycles. The minimum atomic E-state index is -3.62. The van der Waals surface area contributed by atoms with E-state index in [1.54, 1.807) is 12.1 Å². The molecule has 8 nitrogen and oxygen atoms in total. The number of carbonyl (C=O) groups is 2. The lowest BCUT2D eigenvalue weighted by Gasteiger charge is -2.25. The number of nitrogens with one attached hydrogen (secondary N) is 3. The minimum absolute atomic E-state index is 0.0540. The zero-order valence-electron chi connectivity index (χ0n) is 21.7. The van der Waals surface area contributed by atoms with Crippen LogP contribution in [0.4, 0.5) is 14.5 Å². The van der Waals surface area contributed by atoms with E-state index in [1.807, 2.05) is 24.3 Å². The summed E-state index contributed by atoms with van der Waals surface area (Å²) in [5.74, 6) is -2.57. The topological polar surface area (TPSA) is 125 Å². The average molecular weight is 686 g/mol. The quantitative estimate of drug-likeness (QED) is 0.151. The molecule has 0 fully saturated rings. The average Bonchev–Trinajstić information content (AvgIpc) is 2.85. The number of sulfonamides is 1. The number of aliphatic hydroxyl groups excluding tert-OH is 1. The van der Waals surface area contributed by atoms with Gasteiger partial charge < -0.3 is 15.7 Å². The lowest BCUT2D eigenvalue weighted by atomic mass is 9.99. The van der Waals surface area contributed by atoms with E-state index in [0.29, 0.717) is 6.54 Å². The fourth-order valence-corrected chi connectivity index (χ4v) is 5.26. The number of para-hydroxylation sites is 1. The maximum Gasteiger partial charge on any atom is 0.229 e. The molecule has 0 radical (unpaired) electrons. The number of hydrogen-bond acceptors (Lipinski definition) is 6. The Balaban J connectivity index is 1.66. The monoisotopic (exact) mass is 685 g/mol. The number of amides is 1. The highest BCUT2D eigenvalue weighted by Gasteiger charge is 2.23. The molecule has 0 aromatic heterocycles. The molecular weight excluding hydrogens is 655 g/mol. The van der Waals surface area contributed by atoms with Crippen LogP contribution in [0.25, 0.3) is 0 Å². The zero-order chi connectivity index (χ0) is 29.3. The van der Waals surface area contributed by atoms with Crippen molar-refractivity contribution in [3.05, 3.63) is 98.6 Å². The van der Waals surface area contributed by atoms with Gasteiger partial charge in [0.05, 0.1) is 24.1 Å². The molecule has 0 bridgehead atoms. The van der Waals surface area contributed by atoms with Crippen LogP contribution in [0.5, 0.6) is 0 Å². The van der Waals surface area contributed by atoms with Crippen molar-refractivity contribution in [3.8, 4) is 0 Å². The molecule has 0 aliphatic rings. The van der Waals surface area contributed by atoms with Gasteiger partial charge in [-0.05, 0) is 76.5 Å². The van der Waals surface area contributed by atoms with E-state index < -0.39 is 45.5 Å². The van der Waals surface area contributed by atoms with Crippen LogP contribution in [0.1, 0.15) is 34.3 Å². The molecule has 3 rings (SSSR count). The van der Waals surface area contributed by atoms with Gasteiger partial charge in [-0.1, -0.05) is 24.3 Å². The Labute approximate surface area is 245 Å². The van der Waals surface area contributed by atoms with Gasteiger partial charge in [-0.15, -0.1) is 0 Å². The van der Waals surface area contributed by atoms with E-state index in [4.69, 9.17) is 0 Å². The number of carbonyl (C=O) groups excluding carboxylic acids is 2. The number of ketones is 1. The number of anilines is 1. The molecule has 0 saturated carbocycles. The van der Waals surface area contributed by atoms with Crippen molar-refractivity contribution in [1.29, 1.82) is 0 Å². The third-order valence-electron chi connectivity index (χ3n) is 5.86. The summed E-state index contributed by atoms with van der Waals surface area (Å²) in [6.07, 6.45) is -0.679. The summed E-state index contributed by atoms with van der Waals surface area (Å²) in [5, 5.41) is 16.7. The number of hydrogen-bond donors (Lipinski definition) is 4. The Bertz CT molecular complexity index is 1440. The Morgan fingerprint density at radius 2 is 1.65 bits per heavy atom. The molecule has 40 heavy (non-hydrogen) atoms. The summed E-state index contributed by atoms with van der Waals surface area (Å²) in [4.78, 5) is 25.6. The lowest BCUT2D eigenvalue weighted by Crippen LogP contribution is -2.48. The largest absolute Gasteiger partial charge is 0.390 e. The van der Waals surface area contributed by atoms with E-state index >= 15 is 0 Å².